The highest BCUT2D eigenvalue weighted by Crippen LogP contribution is 2.17. The number of carbonyl (C=O) groups excluding carboxylic acids is 1. The largest absolute Gasteiger partial charge is 0.489 e. The van der Waals surface area contributed by atoms with E-state index in [1.165, 1.54) is 0 Å². The van der Waals surface area contributed by atoms with Crippen molar-refractivity contribution in [3.05, 3.63) is 60.2 Å². The number of amidine groups is 1. The average molecular weight is 323 g/mol. The first-order valence-electron chi connectivity index (χ1n) is 8.07. The topological polar surface area (TPSA) is 53.9 Å². The second-order valence-electron chi connectivity index (χ2n) is 5.78. The van der Waals surface area contributed by atoms with E-state index in [1.807, 2.05) is 66.5 Å². The van der Waals surface area contributed by atoms with Gasteiger partial charge in [0.25, 0.3) is 0 Å². The molecule has 2 aromatic carbocycles. The number of likely N-dealkylation sites (tertiary alicyclic amines) is 1. The predicted octanol–water partition coefficient (Wildman–Crippen LogP) is 3.92. The van der Waals surface area contributed by atoms with Crippen LogP contribution < -0.4 is 10.1 Å². The lowest BCUT2D eigenvalue weighted by molar-refractivity contribution is 0.259. The number of nitrogens with zero attached hydrogens (tertiary/aromatic N) is 2. The number of aliphatic imine (C=N–C) groups is 1. The monoisotopic (exact) mass is 323 g/mol. The number of carbonyl (C=O) groups is 1. The van der Waals surface area contributed by atoms with Crippen molar-refractivity contribution >= 4 is 17.6 Å². The minimum atomic E-state index is -0.336. The van der Waals surface area contributed by atoms with Crippen LogP contribution in [0.1, 0.15) is 18.4 Å². The first-order chi connectivity index (χ1) is 11.7. The van der Waals surface area contributed by atoms with E-state index >= 15 is 0 Å². The number of benzene rings is 2. The summed E-state index contributed by atoms with van der Waals surface area (Å²) in [5.74, 6) is 1.61. The van der Waals surface area contributed by atoms with Crippen molar-refractivity contribution in [2.24, 2.45) is 4.99 Å². The van der Waals surface area contributed by atoms with E-state index in [1.54, 1.807) is 0 Å². The Morgan fingerprint density at radius 1 is 1.17 bits per heavy atom. The van der Waals surface area contributed by atoms with Crippen LogP contribution in [0.15, 0.2) is 59.6 Å². The Hall–Kier alpha value is -2.82. The minimum absolute atomic E-state index is 0.336. The zero-order chi connectivity index (χ0) is 16.8. The summed E-state index contributed by atoms with van der Waals surface area (Å²) < 4.78 is 5.73. The van der Waals surface area contributed by atoms with Crippen LogP contribution in [-0.2, 0) is 6.61 Å². The molecule has 1 fully saturated rings. The van der Waals surface area contributed by atoms with E-state index in [2.05, 4.69) is 10.3 Å². The van der Waals surface area contributed by atoms with Crippen molar-refractivity contribution < 1.29 is 9.53 Å². The lowest BCUT2D eigenvalue weighted by Gasteiger charge is -2.11. The standard InChI is InChI=1S/C19H21N3O2/c1-22-13-5-8-18(22)21-19(23)20-16-9-11-17(12-10-16)24-14-15-6-3-2-4-7-15/h2-4,6-7,9-12H,5,8,13-14H2,1H3,(H,20,23)/b21-18+. The Morgan fingerprint density at radius 2 is 1.92 bits per heavy atom. The maximum Gasteiger partial charge on any atom is 0.347 e. The third-order valence-corrected chi connectivity index (χ3v) is 3.92. The molecule has 2 amide bonds. The van der Waals surface area contributed by atoms with E-state index in [9.17, 15) is 4.79 Å². The number of urea groups is 1. The second-order valence-corrected chi connectivity index (χ2v) is 5.78. The number of hydrogen-bond acceptors (Lipinski definition) is 2. The first kappa shape index (κ1) is 16.1. The molecule has 1 N–H and O–H groups in total. The van der Waals surface area contributed by atoms with E-state index in [4.69, 9.17) is 4.74 Å². The Labute approximate surface area is 142 Å². The van der Waals surface area contributed by atoms with Crippen LogP contribution in [0.2, 0.25) is 0 Å². The van der Waals surface area contributed by atoms with Gasteiger partial charge in [-0.2, -0.15) is 4.99 Å². The Morgan fingerprint density at radius 3 is 2.58 bits per heavy atom. The molecule has 24 heavy (non-hydrogen) atoms. The van der Waals surface area contributed by atoms with Crippen molar-refractivity contribution in [3.63, 3.8) is 0 Å². The number of amides is 2. The molecule has 3 rings (SSSR count). The van der Waals surface area contributed by atoms with Crippen LogP contribution in [0, 0.1) is 0 Å². The van der Waals surface area contributed by atoms with Crippen LogP contribution in [0.25, 0.3) is 0 Å². The number of hydrogen-bond donors (Lipinski definition) is 1. The van der Waals surface area contributed by atoms with Gasteiger partial charge in [-0.1, -0.05) is 30.3 Å². The highest BCUT2D eigenvalue weighted by atomic mass is 16.5. The molecule has 0 bridgehead atoms. The fourth-order valence-corrected chi connectivity index (χ4v) is 2.58. The predicted molar refractivity (Wildman–Crippen MR) is 95.5 cm³/mol. The highest BCUT2D eigenvalue weighted by molar-refractivity contribution is 6.00. The summed E-state index contributed by atoms with van der Waals surface area (Å²) in [5, 5.41) is 2.78. The van der Waals surface area contributed by atoms with Crippen LogP contribution in [0.3, 0.4) is 0 Å². The van der Waals surface area contributed by atoms with Gasteiger partial charge in [0.05, 0.1) is 0 Å². The fraction of sp³-hybridized carbons (Fsp3) is 0.263. The van der Waals surface area contributed by atoms with Gasteiger partial charge in [0.15, 0.2) is 0 Å². The quantitative estimate of drug-likeness (QED) is 0.928. The molecule has 1 aliphatic heterocycles. The highest BCUT2D eigenvalue weighted by Gasteiger charge is 2.15. The van der Waals surface area contributed by atoms with Crippen molar-refractivity contribution in [1.29, 1.82) is 0 Å². The number of nitrogens with one attached hydrogen (secondary N) is 1. The molecule has 0 unspecified atom stereocenters. The maximum atomic E-state index is 12.0. The van der Waals surface area contributed by atoms with Gasteiger partial charge in [-0.25, -0.2) is 4.79 Å². The molecular formula is C19H21N3O2. The van der Waals surface area contributed by atoms with E-state index in [-0.39, 0.29) is 6.03 Å². The molecule has 0 spiro atoms. The fourth-order valence-electron chi connectivity index (χ4n) is 2.58. The molecular weight excluding hydrogens is 302 g/mol. The third-order valence-electron chi connectivity index (χ3n) is 3.92. The molecule has 1 aliphatic rings. The molecule has 0 aliphatic carbocycles. The molecule has 124 valence electrons. The summed E-state index contributed by atoms with van der Waals surface area (Å²) in [5.41, 5.74) is 1.82. The van der Waals surface area contributed by atoms with Crippen LogP contribution in [0.5, 0.6) is 5.75 Å². The molecule has 0 atom stereocenters. The van der Waals surface area contributed by atoms with Crippen molar-refractivity contribution in [3.8, 4) is 5.75 Å². The van der Waals surface area contributed by atoms with Gasteiger partial charge in [-0.3, -0.25) is 0 Å². The zero-order valence-corrected chi connectivity index (χ0v) is 13.7. The number of rotatable bonds is 4. The van der Waals surface area contributed by atoms with E-state index < -0.39 is 0 Å². The summed E-state index contributed by atoms with van der Waals surface area (Å²) in [4.78, 5) is 18.1. The zero-order valence-electron chi connectivity index (χ0n) is 13.7. The lowest BCUT2D eigenvalue weighted by atomic mass is 10.2. The normalized spacial score (nSPS) is 15.5. The molecule has 5 heteroatoms. The molecule has 2 aromatic rings. The van der Waals surface area contributed by atoms with Crippen molar-refractivity contribution in [1.82, 2.24) is 4.90 Å². The van der Waals surface area contributed by atoms with E-state index in [0.29, 0.717) is 12.3 Å². The molecule has 0 saturated carbocycles. The second kappa shape index (κ2) is 7.64. The Kier molecular flexibility index (Phi) is 5.11. The van der Waals surface area contributed by atoms with Gasteiger partial charge in [0.1, 0.15) is 18.2 Å². The summed E-state index contributed by atoms with van der Waals surface area (Å²) >= 11 is 0. The van der Waals surface area contributed by atoms with Crippen LogP contribution in [0.4, 0.5) is 10.5 Å². The van der Waals surface area contributed by atoms with Crippen molar-refractivity contribution in [2.75, 3.05) is 18.9 Å². The SMILES string of the molecule is CN1CCC/C1=N\C(=O)Nc1ccc(OCc2ccccc2)cc1. The Bertz CT molecular complexity index is 711. The van der Waals surface area contributed by atoms with Gasteiger partial charge in [0.2, 0.25) is 0 Å². The summed E-state index contributed by atoms with van der Waals surface area (Å²) in [7, 11) is 1.96. The van der Waals surface area contributed by atoms with Gasteiger partial charge in [0, 0.05) is 25.7 Å². The molecule has 5 nitrogen and oxygen atoms in total. The van der Waals surface area contributed by atoms with E-state index in [0.717, 1.165) is 36.5 Å². The Balaban J connectivity index is 1.53. The maximum absolute atomic E-state index is 12.0. The third kappa shape index (κ3) is 4.35. The molecule has 0 aromatic heterocycles. The van der Waals surface area contributed by atoms with Gasteiger partial charge in [-0.15, -0.1) is 0 Å². The number of anilines is 1. The van der Waals surface area contributed by atoms with Gasteiger partial charge in [-0.05, 0) is 36.2 Å². The molecule has 1 saturated heterocycles. The van der Waals surface area contributed by atoms with Gasteiger partial charge < -0.3 is 15.0 Å². The summed E-state index contributed by atoms with van der Waals surface area (Å²) in [6.45, 7) is 1.48. The van der Waals surface area contributed by atoms with Crippen molar-refractivity contribution in [2.45, 2.75) is 19.4 Å². The lowest BCUT2D eigenvalue weighted by Crippen LogP contribution is -2.21. The summed E-state index contributed by atoms with van der Waals surface area (Å²) in [6.07, 6.45) is 1.91. The van der Waals surface area contributed by atoms with Gasteiger partial charge >= 0.3 is 6.03 Å². The average Bonchev–Trinajstić information content (AvgIpc) is 3.00. The minimum Gasteiger partial charge on any atom is -0.489 e. The smallest absolute Gasteiger partial charge is 0.347 e. The molecule has 1 heterocycles. The number of ether oxygens (including phenoxy) is 1. The van der Waals surface area contributed by atoms with Crippen LogP contribution >= 0.6 is 0 Å². The van der Waals surface area contributed by atoms with Crippen LogP contribution in [-0.4, -0.2) is 30.4 Å². The molecule has 0 radical (unpaired) electrons. The first-order valence-corrected chi connectivity index (χ1v) is 8.07. The summed E-state index contributed by atoms with van der Waals surface area (Å²) in [6, 6.07) is 17.0.